The molecule has 3 rings (SSSR count). The fourth-order valence-electron chi connectivity index (χ4n) is 1.83. The number of carbonyl (C=O) groups is 1. The third kappa shape index (κ3) is 3.46. The number of hydrogen-bond donors (Lipinski definition) is 2. The van der Waals surface area contributed by atoms with Crippen LogP contribution in [0.15, 0.2) is 42.7 Å². The lowest BCUT2D eigenvalue weighted by molar-refractivity contribution is -0.116. The number of carbonyl (C=O) groups excluding carboxylic acids is 1. The van der Waals surface area contributed by atoms with E-state index >= 15 is 0 Å². The molecule has 0 saturated heterocycles. The van der Waals surface area contributed by atoms with Crippen LogP contribution in [0.2, 0.25) is 0 Å². The number of nitrogens with zero attached hydrogens (tertiary/aromatic N) is 5. The van der Waals surface area contributed by atoms with Crippen molar-refractivity contribution in [1.82, 2.24) is 24.7 Å². The molecule has 23 heavy (non-hydrogen) atoms. The molecular formula is C14H12FN7O. The maximum absolute atomic E-state index is 13.1. The summed E-state index contributed by atoms with van der Waals surface area (Å²) in [6, 6.07) is 7.44. The second kappa shape index (κ2) is 6.18. The highest BCUT2D eigenvalue weighted by molar-refractivity contribution is 5.78. The molecule has 0 aliphatic heterocycles. The first-order valence-electron chi connectivity index (χ1n) is 6.66. The number of nitrogens with two attached hydrogens (primary N) is 1. The Hall–Kier alpha value is -3.36. The van der Waals surface area contributed by atoms with Crippen molar-refractivity contribution < 1.29 is 9.18 Å². The predicted molar refractivity (Wildman–Crippen MR) is 80.0 cm³/mol. The van der Waals surface area contributed by atoms with Gasteiger partial charge in [-0.2, -0.15) is 20.1 Å². The molecule has 3 N–H and O–H groups in total. The van der Waals surface area contributed by atoms with Gasteiger partial charge in [0.15, 0.2) is 5.82 Å². The topological polar surface area (TPSA) is 112 Å². The van der Waals surface area contributed by atoms with E-state index in [2.05, 4.69) is 25.4 Å². The largest absolute Gasteiger partial charge is 0.368 e. The van der Waals surface area contributed by atoms with Gasteiger partial charge in [0.25, 0.3) is 5.95 Å². The van der Waals surface area contributed by atoms with Gasteiger partial charge in [-0.15, -0.1) is 0 Å². The Balaban J connectivity index is 2.03. The van der Waals surface area contributed by atoms with E-state index in [4.69, 9.17) is 5.73 Å². The predicted octanol–water partition coefficient (Wildman–Crippen LogP) is 0.761. The van der Waals surface area contributed by atoms with Gasteiger partial charge in [-0.3, -0.25) is 4.79 Å². The molecule has 0 fully saturated rings. The molecule has 0 aliphatic carbocycles. The highest BCUT2D eigenvalue weighted by atomic mass is 19.1. The third-order valence-electron chi connectivity index (χ3n) is 2.86. The van der Waals surface area contributed by atoms with Crippen molar-refractivity contribution in [3.05, 3.63) is 48.5 Å². The van der Waals surface area contributed by atoms with Gasteiger partial charge in [-0.25, -0.2) is 9.07 Å². The number of primary amides is 1. The summed E-state index contributed by atoms with van der Waals surface area (Å²) >= 11 is 0. The van der Waals surface area contributed by atoms with Crippen LogP contribution >= 0.6 is 0 Å². The van der Waals surface area contributed by atoms with E-state index in [1.165, 1.54) is 16.8 Å². The minimum atomic E-state index is -0.547. The van der Waals surface area contributed by atoms with Gasteiger partial charge in [0.05, 0.1) is 6.54 Å². The molecule has 2 heterocycles. The number of amides is 1. The number of halogens is 1. The molecule has 8 nitrogen and oxygen atoms in total. The zero-order chi connectivity index (χ0) is 16.2. The zero-order valence-corrected chi connectivity index (χ0v) is 11.8. The summed E-state index contributed by atoms with van der Waals surface area (Å²) in [5, 5.41) is 6.77. The van der Waals surface area contributed by atoms with Crippen LogP contribution in [0.3, 0.4) is 0 Å². The number of aromatic nitrogens is 5. The maximum Gasteiger partial charge on any atom is 0.255 e. The lowest BCUT2D eigenvalue weighted by Gasteiger charge is -2.08. The highest BCUT2D eigenvalue weighted by Gasteiger charge is 2.11. The van der Waals surface area contributed by atoms with Gasteiger partial charge in [0.1, 0.15) is 5.82 Å². The van der Waals surface area contributed by atoms with E-state index in [9.17, 15) is 9.18 Å². The van der Waals surface area contributed by atoms with E-state index in [-0.39, 0.29) is 24.3 Å². The molecule has 2 aromatic heterocycles. The second-order valence-electron chi connectivity index (χ2n) is 4.56. The molecule has 0 radical (unpaired) electrons. The van der Waals surface area contributed by atoms with Crippen LogP contribution in [0.5, 0.6) is 0 Å². The van der Waals surface area contributed by atoms with Gasteiger partial charge >= 0.3 is 0 Å². The molecule has 0 spiro atoms. The lowest BCUT2D eigenvalue weighted by Crippen LogP contribution is -2.23. The first kappa shape index (κ1) is 14.6. The van der Waals surface area contributed by atoms with Gasteiger partial charge in [0.2, 0.25) is 11.9 Å². The molecular weight excluding hydrogens is 301 g/mol. The average molecular weight is 313 g/mol. The van der Waals surface area contributed by atoms with Crippen LogP contribution in [0.4, 0.5) is 10.3 Å². The van der Waals surface area contributed by atoms with E-state index < -0.39 is 5.91 Å². The summed E-state index contributed by atoms with van der Waals surface area (Å²) in [5.41, 5.74) is 5.71. The first-order valence-corrected chi connectivity index (χ1v) is 6.66. The number of nitrogens with one attached hydrogen (secondary N) is 1. The molecule has 0 atom stereocenters. The number of benzene rings is 1. The summed E-state index contributed by atoms with van der Waals surface area (Å²) in [6.45, 7) is -0.120. The Labute approximate surface area is 130 Å². The minimum absolute atomic E-state index is 0.120. The molecule has 0 aliphatic rings. The monoisotopic (exact) mass is 313 g/mol. The fraction of sp³-hybridized carbons (Fsp3) is 0.0714. The van der Waals surface area contributed by atoms with Crippen molar-refractivity contribution in [3.63, 3.8) is 0 Å². The van der Waals surface area contributed by atoms with Crippen LogP contribution in [-0.2, 0) is 4.79 Å². The summed E-state index contributed by atoms with van der Waals surface area (Å²) in [4.78, 5) is 23.6. The number of anilines is 1. The highest BCUT2D eigenvalue weighted by Crippen LogP contribution is 2.17. The van der Waals surface area contributed by atoms with Crippen molar-refractivity contribution in [3.8, 4) is 17.3 Å². The van der Waals surface area contributed by atoms with E-state index in [1.54, 1.807) is 30.6 Å². The molecule has 0 unspecified atom stereocenters. The van der Waals surface area contributed by atoms with Crippen molar-refractivity contribution in [2.24, 2.45) is 5.73 Å². The molecule has 1 amide bonds. The van der Waals surface area contributed by atoms with E-state index in [0.717, 1.165) is 0 Å². The Morgan fingerprint density at radius 2 is 2.00 bits per heavy atom. The van der Waals surface area contributed by atoms with Crippen molar-refractivity contribution in [2.45, 2.75) is 0 Å². The number of hydrogen-bond acceptors (Lipinski definition) is 6. The normalized spacial score (nSPS) is 10.5. The standard InChI is InChI=1S/C14H12FN7O/c15-10-4-2-9(3-5-10)12-19-13(17-8-11(16)23)21-14(20-12)22-7-1-6-18-22/h1-7H,8H2,(H2,16,23)(H,17,19,20,21). The molecule has 9 heteroatoms. The SMILES string of the molecule is NC(=O)CNc1nc(-c2ccc(F)cc2)nc(-n2cccn2)n1. The van der Waals surface area contributed by atoms with Crippen LogP contribution in [0.25, 0.3) is 17.3 Å². The molecule has 1 aromatic carbocycles. The van der Waals surface area contributed by atoms with Crippen molar-refractivity contribution in [2.75, 3.05) is 11.9 Å². The molecule has 0 saturated carbocycles. The van der Waals surface area contributed by atoms with Gasteiger partial charge in [-0.05, 0) is 30.3 Å². The van der Waals surface area contributed by atoms with Crippen molar-refractivity contribution >= 4 is 11.9 Å². The summed E-state index contributed by atoms with van der Waals surface area (Å²) in [5.74, 6) is -0.158. The Bertz CT molecular complexity index is 818. The van der Waals surface area contributed by atoms with Crippen LogP contribution in [0, 0.1) is 5.82 Å². The molecule has 3 aromatic rings. The van der Waals surface area contributed by atoms with Crippen LogP contribution in [0.1, 0.15) is 0 Å². The van der Waals surface area contributed by atoms with E-state index in [1.807, 2.05) is 0 Å². The molecule has 116 valence electrons. The van der Waals surface area contributed by atoms with Crippen LogP contribution < -0.4 is 11.1 Å². The van der Waals surface area contributed by atoms with Gasteiger partial charge in [-0.1, -0.05) is 0 Å². The minimum Gasteiger partial charge on any atom is -0.368 e. The second-order valence-corrected chi connectivity index (χ2v) is 4.56. The first-order chi connectivity index (χ1) is 11.1. The van der Waals surface area contributed by atoms with Gasteiger partial charge < -0.3 is 11.1 Å². The number of rotatable bonds is 5. The Kier molecular flexibility index (Phi) is 3.91. The fourth-order valence-corrected chi connectivity index (χ4v) is 1.83. The zero-order valence-electron chi connectivity index (χ0n) is 11.8. The average Bonchev–Trinajstić information content (AvgIpc) is 3.08. The quantitative estimate of drug-likeness (QED) is 0.719. The van der Waals surface area contributed by atoms with E-state index in [0.29, 0.717) is 11.4 Å². The van der Waals surface area contributed by atoms with Crippen molar-refractivity contribution in [1.29, 1.82) is 0 Å². The summed E-state index contributed by atoms with van der Waals surface area (Å²) in [6.07, 6.45) is 3.25. The maximum atomic E-state index is 13.1. The smallest absolute Gasteiger partial charge is 0.255 e. The summed E-state index contributed by atoms with van der Waals surface area (Å²) in [7, 11) is 0. The lowest BCUT2D eigenvalue weighted by atomic mass is 10.2. The Morgan fingerprint density at radius 1 is 1.22 bits per heavy atom. The van der Waals surface area contributed by atoms with Gasteiger partial charge in [0, 0.05) is 18.0 Å². The van der Waals surface area contributed by atoms with Crippen LogP contribution in [-0.4, -0.2) is 37.2 Å². The Morgan fingerprint density at radius 3 is 2.65 bits per heavy atom. The third-order valence-corrected chi connectivity index (χ3v) is 2.86. The molecule has 0 bridgehead atoms. The summed E-state index contributed by atoms with van der Waals surface area (Å²) < 4.78 is 14.5.